The maximum Gasteiger partial charge on any atom is 0.135 e. The average molecular weight is 887 g/mol. The van der Waals surface area contributed by atoms with E-state index in [1.807, 2.05) is 6.20 Å². The van der Waals surface area contributed by atoms with Gasteiger partial charge in [0.05, 0.1) is 0 Å². The van der Waals surface area contributed by atoms with Crippen LogP contribution in [0.2, 0.25) is 0 Å². The van der Waals surface area contributed by atoms with Gasteiger partial charge in [0.25, 0.3) is 0 Å². The van der Waals surface area contributed by atoms with Crippen molar-refractivity contribution in [1.29, 1.82) is 0 Å². The zero-order valence-electron chi connectivity index (χ0n) is 32.4. The topological polar surface area (TPSA) is 24.3 Å². The Morgan fingerprint density at radius 2 is 1.30 bits per heavy atom. The van der Waals surface area contributed by atoms with E-state index >= 15 is 0 Å². The Morgan fingerprint density at radius 1 is 0.611 bits per heavy atom. The van der Waals surface area contributed by atoms with Crippen LogP contribution < -0.4 is 9.80 Å². The molecule has 5 heteroatoms. The summed E-state index contributed by atoms with van der Waals surface area (Å²) in [4.78, 5) is 9.41. The molecule has 8 rings (SSSR count). The summed E-state index contributed by atoms with van der Waals surface area (Å²) in [5.41, 5.74) is 10.9. The van der Waals surface area contributed by atoms with E-state index in [4.69, 9.17) is 4.98 Å². The van der Waals surface area contributed by atoms with E-state index in [2.05, 4.69) is 216 Å². The SMILES string of the molecule is CC(C)(C)C1=CN(c2[c-]c(C(C)(C)c3[c-]c4c(cc3)c3ccccc3n4-c3cc(C(C)(C)C)ccn3)ccc2)[CH-]N1c1ccc(-c2ccccc2)cc1.[Pt]. The molecule has 0 amide bonds. The zero-order valence-corrected chi connectivity index (χ0v) is 34.7. The second kappa shape index (κ2) is 14.1. The van der Waals surface area contributed by atoms with Crippen molar-refractivity contribution < 1.29 is 21.1 Å². The summed E-state index contributed by atoms with van der Waals surface area (Å²) in [6.07, 6.45) is 4.18. The first-order valence-electron chi connectivity index (χ1n) is 18.6. The van der Waals surface area contributed by atoms with Gasteiger partial charge in [-0.25, -0.2) is 4.98 Å². The molecule has 276 valence electrons. The van der Waals surface area contributed by atoms with Crippen LogP contribution >= 0.6 is 0 Å². The number of aromatic nitrogens is 2. The van der Waals surface area contributed by atoms with Gasteiger partial charge in [0.2, 0.25) is 0 Å². The van der Waals surface area contributed by atoms with Gasteiger partial charge in [0.15, 0.2) is 0 Å². The molecule has 2 aromatic heterocycles. The number of benzene rings is 5. The van der Waals surface area contributed by atoms with Crippen LogP contribution in [0, 0.1) is 24.2 Å². The smallest absolute Gasteiger partial charge is 0.135 e. The Balaban J connectivity index is 0.00000450. The number of anilines is 2. The van der Waals surface area contributed by atoms with Crippen LogP contribution in [0.4, 0.5) is 11.4 Å². The third-order valence-corrected chi connectivity index (χ3v) is 10.6. The molecule has 0 saturated carbocycles. The first kappa shape index (κ1) is 37.4. The van der Waals surface area contributed by atoms with Crippen LogP contribution in [0.25, 0.3) is 38.8 Å². The molecular weight excluding hydrogens is 840 g/mol. The molecule has 0 bridgehead atoms. The molecule has 3 heterocycles. The fourth-order valence-electron chi connectivity index (χ4n) is 7.37. The Bertz CT molecular complexity index is 2480. The molecule has 7 aromatic rings. The summed E-state index contributed by atoms with van der Waals surface area (Å²) in [6, 6.07) is 51.0. The molecule has 0 spiro atoms. The second-order valence-electron chi connectivity index (χ2n) is 16.8. The maximum atomic E-state index is 4.89. The monoisotopic (exact) mass is 886 g/mol. The van der Waals surface area contributed by atoms with E-state index in [-0.39, 0.29) is 37.3 Å². The van der Waals surface area contributed by atoms with Crippen LogP contribution in [0.1, 0.15) is 72.1 Å². The van der Waals surface area contributed by atoms with Crippen molar-refractivity contribution >= 4 is 33.2 Å². The summed E-state index contributed by atoms with van der Waals surface area (Å²) in [5.74, 6) is 0.911. The van der Waals surface area contributed by atoms with Gasteiger partial charge in [-0.05, 0) is 69.4 Å². The standard InChI is InChI=1S/C49H47N4.Pt/c1-47(2,3)36-27-28-50-46(31-36)53-43-20-13-12-19-41(43)42-26-23-38(30-44(42)53)49(7,8)37-17-14-18-40(29-37)51-32-45(48(4,5)6)52(33-51)39-24-21-35(22-25-39)34-15-10-9-11-16-34;/h9-28,31-33H,1-8H3;/q-3;. The van der Waals surface area contributed by atoms with Gasteiger partial charge in [-0.1, -0.05) is 122 Å². The number of hydrogen-bond donors (Lipinski definition) is 0. The molecule has 0 aliphatic carbocycles. The van der Waals surface area contributed by atoms with Crippen LogP contribution in [-0.4, -0.2) is 9.55 Å². The van der Waals surface area contributed by atoms with Crippen LogP contribution in [0.15, 0.2) is 139 Å². The number of hydrogen-bond acceptors (Lipinski definition) is 3. The van der Waals surface area contributed by atoms with Crippen molar-refractivity contribution in [1.82, 2.24) is 9.55 Å². The molecule has 1 aliphatic rings. The van der Waals surface area contributed by atoms with Gasteiger partial charge in [0.1, 0.15) is 5.82 Å². The number of fused-ring (bicyclic) bond motifs is 3. The van der Waals surface area contributed by atoms with Crippen molar-refractivity contribution in [2.45, 2.75) is 66.2 Å². The molecule has 5 aromatic carbocycles. The van der Waals surface area contributed by atoms with Gasteiger partial charge < -0.3 is 14.4 Å². The number of pyridine rings is 1. The summed E-state index contributed by atoms with van der Waals surface area (Å²) >= 11 is 0. The molecular formula is C49H47N4Pt-3. The van der Waals surface area contributed by atoms with E-state index in [0.717, 1.165) is 39.4 Å². The fourth-order valence-corrected chi connectivity index (χ4v) is 7.37. The minimum Gasteiger partial charge on any atom is -0.500 e. The normalized spacial score (nSPS) is 13.7. The Morgan fingerprint density at radius 3 is 2.02 bits per heavy atom. The fraction of sp³-hybridized carbons (Fsp3) is 0.224. The van der Waals surface area contributed by atoms with Gasteiger partial charge in [-0.2, -0.15) is 53.6 Å². The van der Waals surface area contributed by atoms with E-state index in [9.17, 15) is 0 Å². The minimum absolute atomic E-state index is 0. The molecule has 0 unspecified atom stereocenters. The summed E-state index contributed by atoms with van der Waals surface area (Å²) in [7, 11) is 0. The van der Waals surface area contributed by atoms with Crippen LogP contribution in [0.3, 0.4) is 0 Å². The summed E-state index contributed by atoms with van der Waals surface area (Å²) in [6.45, 7) is 20.3. The molecule has 4 nitrogen and oxygen atoms in total. The van der Waals surface area contributed by atoms with E-state index in [0.29, 0.717) is 0 Å². The predicted octanol–water partition coefficient (Wildman–Crippen LogP) is 12.4. The summed E-state index contributed by atoms with van der Waals surface area (Å²) in [5, 5.41) is 2.37. The van der Waals surface area contributed by atoms with Crippen LogP contribution in [0.5, 0.6) is 0 Å². The van der Waals surface area contributed by atoms with Crippen molar-refractivity contribution in [3.05, 3.63) is 175 Å². The first-order chi connectivity index (χ1) is 25.3. The molecule has 0 N–H and O–H groups in total. The molecule has 0 atom stereocenters. The molecule has 1 aliphatic heterocycles. The Labute approximate surface area is 335 Å². The second-order valence-corrected chi connectivity index (χ2v) is 16.8. The van der Waals surface area contributed by atoms with Gasteiger partial charge in [-0.3, -0.25) is 0 Å². The maximum absolute atomic E-state index is 4.89. The molecule has 0 radical (unpaired) electrons. The number of allylic oxidation sites excluding steroid dienone is 1. The third-order valence-electron chi connectivity index (χ3n) is 10.6. The van der Waals surface area contributed by atoms with Crippen molar-refractivity contribution in [2.75, 3.05) is 9.80 Å². The molecule has 0 fully saturated rings. The number of rotatable bonds is 6. The predicted molar refractivity (Wildman–Crippen MR) is 222 cm³/mol. The zero-order chi connectivity index (χ0) is 37.1. The van der Waals surface area contributed by atoms with Crippen LogP contribution in [-0.2, 0) is 31.9 Å². The van der Waals surface area contributed by atoms with E-state index < -0.39 is 0 Å². The van der Waals surface area contributed by atoms with Crippen molar-refractivity contribution in [3.8, 4) is 16.9 Å². The molecule has 54 heavy (non-hydrogen) atoms. The van der Waals surface area contributed by atoms with E-state index in [1.165, 1.54) is 33.2 Å². The Hall–Kier alpha value is -4.92. The number of nitrogens with zero attached hydrogens (tertiary/aromatic N) is 4. The molecule has 0 saturated heterocycles. The average Bonchev–Trinajstić information content (AvgIpc) is 3.76. The summed E-state index contributed by atoms with van der Waals surface area (Å²) < 4.78 is 2.28. The number of para-hydroxylation sites is 1. The minimum atomic E-state index is -0.380. The van der Waals surface area contributed by atoms with Gasteiger partial charge in [-0.15, -0.1) is 17.7 Å². The van der Waals surface area contributed by atoms with Gasteiger partial charge in [0, 0.05) is 49.6 Å². The largest absolute Gasteiger partial charge is 0.500 e. The quantitative estimate of drug-likeness (QED) is 0.156. The van der Waals surface area contributed by atoms with Crippen molar-refractivity contribution in [2.24, 2.45) is 5.41 Å². The van der Waals surface area contributed by atoms with Gasteiger partial charge >= 0.3 is 0 Å². The Kier molecular flexibility index (Phi) is 9.73. The van der Waals surface area contributed by atoms with E-state index in [1.54, 1.807) is 0 Å². The third kappa shape index (κ3) is 6.82. The van der Waals surface area contributed by atoms with Crippen molar-refractivity contribution in [3.63, 3.8) is 0 Å². The first-order valence-corrected chi connectivity index (χ1v) is 18.6.